The van der Waals surface area contributed by atoms with E-state index in [0.717, 1.165) is 25.7 Å². The van der Waals surface area contributed by atoms with E-state index in [4.69, 9.17) is 0 Å². The molecule has 0 amide bonds. The molecule has 0 aromatic carbocycles. The average molecular weight is 345 g/mol. The maximum absolute atomic E-state index is 12.0. The third-order valence-electron chi connectivity index (χ3n) is 4.84. The molecule has 4 nitrogen and oxygen atoms in total. The number of carbonyl (C=O) groups excluding carboxylic acids is 2. The summed E-state index contributed by atoms with van der Waals surface area (Å²) >= 11 is 0. The number of carboxylic acid groups (broad SMARTS) is 2. The topological polar surface area (TPSA) is 80.3 Å². The van der Waals surface area contributed by atoms with Crippen molar-refractivity contribution in [2.75, 3.05) is 0 Å². The lowest BCUT2D eigenvalue weighted by Gasteiger charge is -2.53. The molecule has 0 bridgehead atoms. The lowest BCUT2D eigenvalue weighted by molar-refractivity contribution is -0.308. The van der Waals surface area contributed by atoms with Crippen LogP contribution in [0, 0.1) is 0 Å². The van der Waals surface area contributed by atoms with Gasteiger partial charge in [0.25, 0.3) is 0 Å². The molecular weight excluding hydrogens is 312 g/mol. The van der Waals surface area contributed by atoms with Crippen LogP contribution in [0.2, 0.25) is 43.9 Å². The van der Waals surface area contributed by atoms with Crippen LogP contribution in [0.3, 0.4) is 0 Å². The van der Waals surface area contributed by atoms with Gasteiger partial charge in [-0.3, -0.25) is 0 Å². The van der Waals surface area contributed by atoms with Gasteiger partial charge in [0.05, 0.1) is 16.1 Å². The highest BCUT2D eigenvalue weighted by Crippen LogP contribution is 2.50. The molecule has 0 aliphatic heterocycles. The molecule has 0 heterocycles. The minimum Gasteiger partial charge on any atom is -0.550 e. The van der Waals surface area contributed by atoms with Gasteiger partial charge in [0, 0.05) is 11.9 Å². The van der Waals surface area contributed by atoms with Gasteiger partial charge in [0.15, 0.2) is 0 Å². The van der Waals surface area contributed by atoms with Crippen LogP contribution in [-0.2, 0) is 9.59 Å². The van der Waals surface area contributed by atoms with Gasteiger partial charge >= 0.3 is 0 Å². The number of aliphatic carboxylic acids is 2. The van der Waals surface area contributed by atoms with Crippen LogP contribution in [0.5, 0.6) is 0 Å². The van der Waals surface area contributed by atoms with Crippen LogP contribution < -0.4 is 10.2 Å². The summed E-state index contributed by atoms with van der Waals surface area (Å²) in [5.41, 5.74) is 0. The SMILES string of the molecule is C[Si](C)(C)C(CCCCCCCC(=O)[O-])(C(=O)[O-])[Si](C)(C)C. The predicted molar refractivity (Wildman–Crippen MR) is 91.7 cm³/mol. The first-order valence-corrected chi connectivity index (χ1v) is 15.3. The summed E-state index contributed by atoms with van der Waals surface area (Å²) in [4.78, 5) is 22.4. The van der Waals surface area contributed by atoms with Gasteiger partial charge < -0.3 is 19.8 Å². The Kier molecular flexibility index (Phi) is 8.05. The molecule has 0 fully saturated rings. The van der Waals surface area contributed by atoms with Crippen LogP contribution in [0.4, 0.5) is 0 Å². The van der Waals surface area contributed by atoms with Gasteiger partial charge in [-0.25, -0.2) is 0 Å². The lowest BCUT2D eigenvalue weighted by Crippen LogP contribution is -2.62. The predicted octanol–water partition coefficient (Wildman–Crippen LogP) is 2.17. The monoisotopic (exact) mass is 344 g/mol. The third-order valence-corrected chi connectivity index (χ3v) is 15.4. The number of carbonyl (C=O) groups is 2. The highest BCUT2D eigenvalue weighted by molar-refractivity contribution is 7.02. The lowest BCUT2D eigenvalue weighted by atomic mass is 10.1. The van der Waals surface area contributed by atoms with Gasteiger partial charge in [-0.2, -0.15) is 0 Å². The largest absolute Gasteiger partial charge is 0.550 e. The Hall–Kier alpha value is -0.626. The maximum Gasteiger partial charge on any atom is 0.0543 e. The molecule has 130 valence electrons. The summed E-state index contributed by atoms with van der Waals surface area (Å²) in [7, 11) is -3.82. The van der Waals surface area contributed by atoms with Gasteiger partial charge in [0.1, 0.15) is 0 Å². The highest BCUT2D eigenvalue weighted by Gasteiger charge is 2.52. The van der Waals surface area contributed by atoms with Gasteiger partial charge in [-0.15, -0.1) is 0 Å². The molecule has 0 aromatic rings. The molecule has 0 spiro atoms. The first-order chi connectivity index (χ1) is 9.86. The van der Waals surface area contributed by atoms with Crippen LogP contribution >= 0.6 is 0 Å². The summed E-state index contributed by atoms with van der Waals surface area (Å²) in [5, 5.41) is 22.4. The van der Waals surface area contributed by atoms with Gasteiger partial charge in [-0.1, -0.05) is 65.0 Å². The second kappa shape index (κ2) is 8.29. The summed E-state index contributed by atoms with van der Waals surface area (Å²) in [6, 6.07) is 0. The molecule has 0 rings (SSSR count). The zero-order valence-corrected chi connectivity index (χ0v) is 17.1. The Labute approximate surface area is 137 Å². The smallest absolute Gasteiger partial charge is 0.0543 e. The quantitative estimate of drug-likeness (QED) is 0.425. The molecule has 0 saturated heterocycles. The van der Waals surface area contributed by atoms with Gasteiger partial charge in [0.2, 0.25) is 0 Å². The summed E-state index contributed by atoms with van der Waals surface area (Å²) in [6.07, 6.45) is 5.13. The summed E-state index contributed by atoms with van der Waals surface area (Å²) in [5.74, 6) is -1.84. The number of carboxylic acids is 2. The normalized spacial score (nSPS) is 13.2. The maximum atomic E-state index is 12.0. The number of rotatable bonds is 11. The van der Waals surface area contributed by atoms with E-state index < -0.39 is 32.7 Å². The standard InChI is InChI=1S/C16H34O4Si2/c1-21(2,3)16(15(19)20,22(4,5)6)13-11-9-7-8-10-12-14(17)18/h7-13H2,1-6H3,(H,17,18)(H,19,20)/p-2. The van der Waals surface area contributed by atoms with E-state index in [1.54, 1.807) is 0 Å². The first-order valence-electron chi connectivity index (χ1n) is 8.27. The van der Waals surface area contributed by atoms with E-state index in [-0.39, 0.29) is 6.42 Å². The first kappa shape index (κ1) is 21.4. The summed E-state index contributed by atoms with van der Waals surface area (Å²) < 4.78 is -0.606. The molecule has 0 atom stereocenters. The van der Waals surface area contributed by atoms with E-state index in [0.29, 0.717) is 12.8 Å². The Morgan fingerprint density at radius 3 is 1.55 bits per heavy atom. The zero-order valence-electron chi connectivity index (χ0n) is 15.1. The van der Waals surface area contributed by atoms with E-state index in [2.05, 4.69) is 39.3 Å². The summed E-state index contributed by atoms with van der Waals surface area (Å²) in [6.45, 7) is 12.8. The van der Waals surface area contributed by atoms with Crippen molar-refractivity contribution >= 4 is 28.1 Å². The number of unbranched alkanes of at least 4 members (excludes halogenated alkanes) is 4. The minimum atomic E-state index is -1.91. The Balaban J connectivity index is 4.64. The Bertz CT molecular complexity index is 367. The third kappa shape index (κ3) is 5.54. The molecule has 0 N–H and O–H groups in total. The molecular formula is C16H32O4Si2-2. The molecule has 22 heavy (non-hydrogen) atoms. The van der Waals surface area contributed by atoms with E-state index in [1.165, 1.54) is 0 Å². The molecule has 0 aromatic heterocycles. The van der Waals surface area contributed by atoms with Crippen LogP contribution in [0.1, 0.15) is 44.9 Å². The number of hydrogen-bond acceptors (Lipinski definition) is 4. The number of hydrogen-bond donors (Lipinski definition) is 0. The van der Waals surface area contributed by atoms with Crippen molar-refractivity contribution in [3.05, 3.63) is 0 Å². The van der Waals surface area contributed by atoms with Crippen molar-refractivity contribution < 1.29 is 19.8 Å². The van der Waals surface area contributed by atoms with Crippen molar-refractivity contribution in [1.29, 1.82) is 0 Å². The van der Waals surface area contributed by atoms with Crippen molar-refractivity contribution in [2.24, 2.45) is 0 Å². The average Bonchev–Trinajstić information content (AvgIpc) is 2.28. The molecule has 0 aliphatic carbocycles. The second-order valence-electron chi connectivity index (χ2n) is 8.33. The van der Waals surface area contributed by atoms with Crippen molar-refractivity contribution in [2.45, 2.75) is 88.9 Å². The second-order valence-corrected chi connectivity index (χ2v) is 19.5. The molecule has 0 radical (unpaired) electrons. The zero-order chi connectivity index (χ0) is 17.6. The molecule has 0 aliphatic rings. The van der Waals surface area contributed by atoms with E-state index in [1.807, 2.05) is 0 Å². The van der Waals surface area contributed by atoms with Crippen LogP contribution in [-0.4, -0.2) is 28.1 Å². The van der Waals surface area contributed by atoms with Crippen LogP contribution in [0.15, 0.2) is 0 Å². The van der Waals surface area contributed by atoms with Crippen molar-refractivity contribution in [3.8, 4) is 0 Å². The molecule has 0 saturated carbocycles. The van der Waals surface area contributed by atoms with Crippen molar-refractivity contribution in [1.82, 2.24) is 0 Å². The van der Waals surface area contributed by atoms with E-state index >= 15 is 0 Å². The highest BCUT2D eigenvalue weighted by atomic mass is 28.4. The molecule has 6 heteroatoms. The fourth-order valence-electron chi connectivity index (χ4n) is 3.78. The Morgan fingerprint density at radius 1 is 0.773 bits per heavy atom. The van der Waals surface area contributed by atoms with E-state index in [9.17, 15) is 19.8 Å². The van der Waals surface area contributed by atoms with Crippen LogP contribution in [0.25, 0.3) is 0 Å². The fourth-order valence-corrected chi connectivity index (χ4v) is 15.9. The van der Waals surface area contributed by atoms with Crippen molar-refractivity contribution in [3.63, 3.8) is 0 Å². The fraction of sp³-hybridized carbons (Fsp3) is 0.875. The molecule has 0 unspecified atom stereocenters. The Morgan fingerprint density at radius 2 is 1.18 bits per heavy atom. The van der Waals surface area contributed by atoms with Gasteiger partial charge in [-0.05, 0) is 23.9 Å². The minimum absolute atomic E-state index is 0.118.